The predicted molar refractivity (Wildman–Crippen MR) is 63.5 cm³/mol. The van der Waals surface area contributed by atoms with Crippen LogP contribution < -0.4 is 4.74 Å². The zero-order valence-electron chi connectivity index (χ0n) is 9.90. The van der Waals surface area contributed by atoms with E-state index >= 15 is 0 Å². The van der Waals surface area contributed by atoms with Crippen LogP contribution in [-0.2, 0) is 13.7 Å². The third-order valence-corrected chi connectivity index (χ3v) is 2.58. The Balaban J connectivity index is 2.07. The Morgan fingerprint density at radius 3 is 2.81 bits per heavy atom. The molecule has 0 aliphatic heterocycles. The molecule has 3 heteroatoms. The van der Waals surface area contributed by atoms with Gasteiger partial charge in [0.25, 0.3) is 0 Å². The van der Waals surface area contributed by atoms with Crippen molar-refractivity contribution in [2.75, 3.05) is 0 Å². The number of hydrogen-bond donors (Lipinski definition) is 0. The molecule has 2 rings (SSSR count). The molecule has 0 unspecified atom stereocenters. The second-order valence-corrected chi connectivity index (χ2v) is 4.07. The van der Waals surface area contributed by atoms with Crippen molar-refractivity contribution in [1.29, 1.82) is 0 Å². The van der Waals surface area contributed by atoms with E-state index in [2.05, 4.69) is 37.1 Å². The summed E-state index contributed by atoms with van der Waals surface area (Å²) in [5, 5.41) is 4.06. The number of rotatable bonds is 3. The van der Waals surface area contributed by atoms with E-state index in [9.17, 15) is 0 Å². The Hall–Kier alpha value is -1.77. The van der Waals surface area contributed by atoms with Crippen molar-refractivity contribution in [3.8, 4) is 5.75 Å². The van der Waals surface area contributed by atoms with Crippen molar-refractivity contribution >= 4 is 0 Å². The van der Waals surface area contributed by atoms with Gasteiger partial charge in [0.15, 0.2) is 5.75 Å². The zero-order chi connectivity index (χ0) is 11.5. The molecule has 1 heterocycles. The van der Waals surface area contributed by atoms with Crippen molar-refractivity contribution in [2.45, 2.75) is 20.5 Å². The van der Waals surface area contributed by atoms with Crippen LogP contribution in [0.3, 0.4) is 0 Å². The summed E-state index contributed by atoms with van der Waals surface area (Å²) in [5.74, 6) is 0.809. The lowest BCUT2D eigenvalue weighted by molar-refractivity contribution is 0.305. The van der Waals surface area contributed by atoms with Gasteiger partial charge in [-0.3, -0.25) is 4.68 Å². The molecule has 0 saturated carbocycles. The van der Waals surface area contributed by atoms with Crippen LogP contribution in [-0.4, -0.2) is 9.78 Å². The fraction of sp³-hybridized carbons (Fsp3) is 0.308. The van der Waals surface area contributed by atoms with Crippen LogP contribution in [0.25, 0.3) is 0 Å². The molecule has 84 valence electrons. The summed E-state index contributed by atoms with van der Waals surface area (Å²) in [5.41, 5.74) is 3.74. The number of benzene rings is 1. The van der Waals surface area contributed by atoms with Crippen LogP contribution in [0.1, 0.15) is 16.7 Å². The van der Waals surface area contributed by atoms with Crippen LogP contribution in [0.2, 0.25) is 0 Å². The summed E-state index contributed by atoms with van der Waals surface area (Å²) in [7, 11) is 1.88. The standard InChI is InChI=1S/C13H16N2O/c1-10-4-5-11(2)12(6-10)9-16-13-7-14-15(3)8-13/h4-8H,9H2,1-3H3. The lowest BCUT2D eigenvalue weighted by atomic mass is 10.1. The smallest absolute Gasteiger partial charge is 0.157 e. The number of ether oxygens (including phenoxy) is 1. The van der Waals surface area contributed by atoms with Gasteiger partial charge >= 0.3 is 0 Å². The van der Waals surface area contributed by atoms with Gasteiger partial charge in [0.05, 0.1) is 12.4 Å². The lowest BCUT2D eigenvalue weighted by Gasteiger charge is -2.07. The molecule has 0 aliphatic carbocycles. The largest absolute Gasteiger partial charge is 0.486 e. The molecule has 0 amide bonds. The first-order valence-electron chi connectivity index (χ1n) is 5.33. The highest BCUT2D eigenvalue weighted by Crippen LogP contribution is 2.14. The number of hydrogen-bond acceptors (Lipinski definition) is 2. The molecule has 0 fully saturated rings. The highest BCUT2D eigenvalue weighted by molar-refractivity contribution is 5.30. The Bertz CT molecular complexity index is 488. The second-order valence-electron chi connectivity index (χ2n) is 4.07. The van der Waals surface area contributed by atoms with Gasteiger partial charge in [-0.15, -0.1) is 0 Å². The highest BCUT2D eigenvalue weighted by atomic mass is 16.5. The second kappa shape index (κ2) is 4.39. The van der Waals surface area contributed by atoms with E-state index in [4.69, 9.17) is 4.74 Å². The molecular formula is C13H16N2O. The van der Waals surface area contributed by atoms with Crippen molar-refractivity contribution < 1.29 is 4.74 Å². The summed E-state index contributed by atoms with van der Waals surface area (Å²) in [6.07, 6.45) is 3.59. The Labute approximate surface area is 95.7 Å². The Morgan fingerprint density at radius 1 is 1.31 bits per heavy atom. The average molecular weight is 216 g/mol. The monoisotopic (exact) mass is 216 g/mol. The molecular weight excluding hydrogens is 200 g/mol. The predicted octanol–water partition coefficient (Wildman–Crippen LogP) is 2.62. The van der Waals surface area contributed by atoms with Crippen LogP contribution in [0, 0.1) is 13.8 Å². The molecule has 0 N–H and O–H groups in total. The minimum Gasteiger partial charge on any atom is -0.486 e. The summed E-state index contributed by atoms with van der Waals surface area (Å²) in [6.45, 7) is 4.79. The SMILES string of the molecule is Cc1ccc(C)c(COc2cnn(C)c2)c1. The van der Waals surface area contributed by atoms with Crippen molar-refractivity contribution in [2.24, 2.45) is 7.05 Å². The van der Waals surface area contributed by atoms with Gasteiger partial charge in [0.1, 0.15) is 6.61 Å². The molecule has 0 spiro atoms. The summed E-state index contributed by atoms with van der Waals surface area (Å²) >= 11 is 0. The van der Waals surface area contributed by atoms with Crippen molar-refractivity contribution in [3.63, 3.8) is 0 Å². The topological polar surface area (TPSA) is 27.1 Å². The summed E-state index contributed by atoms with van der Waals surface area (Å²) in [4.78, 5) is 0. The van der Waals surface area contributed by atoms with Gasteiger partial charge in [-0.25, -0.2) is 0 Å². The van der Waals surface area contributed by atoms with Crippen molar-refractivity contribution in [3.05, 3.63) is 47.3 Å². The minimum atomic E-state index is 0.596. The molecule has 0 radical (unpaired) electrons. The van der Waals surface area contributed by atoms with Gasteiger partial charge in [-0.2, -0.15) is 5.10 Å². The molecule has 0 saturated heterocycles. The van der Waals surface area contributed by atoms with E-state index < -0.39 is 0 Å². The quantitative estimate of drug-likeness (QED) is 0.788. The van der Waals surface area contributed by atoms with Gasteiger partial charge in [0, 0.05) is 7.05 Å². The first-order chi connectivity index (χ1) is 7.65. The first kappa shape index (κ1) is 10.7. The highest BCUT2D eigenvalue weighted by Gasteiger charge is 2.01. The molecule has 16 heavy (non-hydrogen) atoms. The van der Waals surface area contributed by atoms with E-state index in [0.29, 0.717) is 6.61 Å². The molecule has 0 bridgehead atoms. The van der Waals surface area contributed by atoms with Crippen LogP contribution in [0.15, 0.2) is 30.6 Å². The zero-order valence-corrected chi connectivity index (χ0v) is 9.90. The summed E-state index contributed by atoms with van der Waals surface area (Å²) < 4.78 is 7.40. The molecule has 3 nitrogen and oxygen atoms in total. The fourth-order valence-electron chi connectivity index (χ4n) is 1.59. The third-order valence-electron chi connectivity index (χ3n) is 2.58. The lowest BCUT2D eigenvalue weighted by Crippen LogP contribution is -1.97. The van der Waals surface area contributed by atoms with Crippen LogP contribution >= 0.6 is 0 Å². The van der Waals surface area contributed by atoms with E-state index in [1.165, 1.54) is 16.7 Å². The molecule has 1 aromatic heterocycles. The van der Waals surface area contributed by atoms with E-state index in [1.807, 2.05) is 13.2 Å². The maximum absolute atomic E-state index is 5.67. The van der Waals surface area contributed by atoms with E-state index in [1.54, 1.807) is 10.9 Å². The minimum absolute atomic E-state index is 0.596. The maximum atomic E-state index is 5.67. The van der Waals surface area contributed by atoms with Crippen LogP contribution in [0.5, 0.6) is 5.75 Å². The number of nitrogens with zero attached hydrogens (tertiary/aromatic N) is 2. The number of aromatic nitrogens is 2. The third kappa shape index (κ3) is 2.42. The van der Waals surface area contributed by atoms with Gasteiger partial charge in [0.2, 0.25) is 0 Å². The Kier molecular flexibility index (Phi) is 2.95. The number of aryl methyl sites for hydroxylation is 3. The van der Waals surface area contributed by atoms with E-state index in [-0.39, 0.29) is 0 Å². The maximum Gasteiger partial charge on any atom is 0.157 e. The van der Waals surface area contributed by atoms with Gasteiger partial charge in [-0.05, 0) is 25.0 Å². The van der Waals surface area contributed by atoms with E-state index in [0.717, 1.165) is 5.75 Å². The molecule has 2 aromatic rings. The van der Waals surface area contributed by atoms with Crippen LogP contribution in [0.4, 0.5) is 0 Å². The fourth-order valence-corrected chi connectivity index (χ4v) is 1.59. The first-order valence-corrected chi connectivity index (χ1v) is 5.33. The van der Waals surface area contributed by atoms with Gasteiger partial charge < -0.3 is 4.74 Å². The average Bonchev–Trinajstić information content (AvgIpc) is 2.66. The Morgan fingerprint density at radius 2 is 2.12 bits per heavy atom. The summed E-state index contributed by atoms with van der Waals surface area (Å²) in [6, 6.07) is 6.39. The van der Waals surface area contributed by atoms with Gasteiger partial charge in [-0.1, -0.05) is 23.8 Å². The van der Waals surface area contributed by atoms with Crippen molar-refractivity contribution in [1.82, 2.24) is 9.78 Å². The molecule has 0 aliphatic rings. The molecule has 0 atom stereocenters. The molecule has 1 aromatic carbocycles. The normalized spacial score (nSPS) is 10.4.